The molecule has 0 aromatic carbocycles. The van der Waals surface area contributed by atoms with Crippen LogP contribution < -0.4 is 3.95 Å². The molecule has 2 heterocycles. The van der Waals surface area contributed by atoms with Gasteiger partial charge in [-0.1, -0.05) is 0 Å². The quantitative estimate of drug-likeness (QED) is 0.789. The molecule has 0 saturated heterocycles. The second-order valence-electron chi connectivity index (χ2n) is 2.64. The van der Waals surface area contributed by atoms with E-state index < -0.39 is 0 Å². The summed E-state index contributed by atoms with van der Waals surface area (Å²) in [4.78, 5) is 8.33. The molecule has 4 heteroatoms. The maximum absolute atomic E-state index is 4.37. The Balaban J connectivity index is 2.30. The topological polar surface area (TPSA) is 29.0 Å². The van der Waals surface area contributed by atoms with Gasteiger partial charge in [0.2, 0.25) is 0 Å². The minimum absolute atomic E-state index is 0.756. The fourth-order valence-corrected chi connectivity index (χ4v) is 1.32. The van der Waals surface area contributed by atoms with Crippen molar-refractivity contribution in [3.63, 3.8) is 0 Å². The van der Waals surface area contributed by atoms with Gasteiger partial charge in [-0.15, -0.1) is 0 Å². The van der Waals surface area contributed by atoms with Gasteiger partial charge < -0.3 is 0 Å². The van der Waals surface area contributed by atoms with Crippen LogP contribution in [0.4, 0.5) is 11.6 Å². The molecule has 0 aliphatic carbocycles. The van der Waals surface area contributed by atoms with Crippen LogP contribution in [0.2, 0.25) is 0 Å². The Kier molecular flexibility index (Phi) is 2.76. The molecule has 14 heavy (non-hydrogen) atoms. The minimum atomic E-state index is 0.756. The van der Waals surface area contributed by atoms with Gasteiger partial charge in [0.15, 0.2) is 0 Å². The summed E-state index contributed by atoms with van der Waals surface area (Å²) in [6.45, 7) is 0. The second kappa shape index (κ2) is 4.21. The van der Waals surface area contributed by atoms with Gasteiger partial charge in [0.05, 0.1) is 0 Å². The predicted molar refractivity (Wildman–Crippen MR) is 50.6 cm³/mol. The third-order valence-corrected chi connectivity index (χ3v) is 2.16. The average molecular weight is 229 g/mol. The van der Waals surface area contributed by atoms with E-state index in [4.69, 9.17) is 0 Å². The molecule has 2 rings (SSSR count). The van der Waals surface area contributed by atoms with Crippen molar-refractivity contribution in [3.05, 3.63) is 48.8 Å². The van der Waals surface area contributed by atoms with Gasteiger partial charge >= 0.3 is 90.3 Å². The zero-order valence-electron chi connectivity index (χ0n) is 7.29. The molecule has 2 aromatic rings. The summed E-state index contributed by atoms with van der Waals surface area (Å²) in [5.74, 6) is 1.51. The fourth-order valence-electron chi connectivity index (χ4n) is 1.05. The average Bonchev–Trinajstić information content (AvgIpc) is 2.30. The van der Waals surface area contributed by atoms with Crippen LogP contribution in [0, 0.1) is 0 Å². The van der Waals surface area contributed by atoms with Crippen molar-refractivity contribution in [1.82, 2.24) is 9.97 Å². The molecule has 0 fully saturated rings. The third-order valence-electron chi connectivity index (χ3n) is 1.68. The van der Waals surface area contributed by atoms with E-state index in [9.17, 15) is 0 Å². The Morgan fingerprint density at radius 1 is 0.857 bits per heavy atom. The molecule has 0 aliphatic rings. The normalized spacial score (nSPS) is 9.86. The Morgan fingerprint density at radius 2 is 1.36 bits per heavy atom. The van der Waals surface area contributed by atoms with Crippen LogP contribution >= 0.6 is 0 Å². The molecule has 0 radical (unpaired) electrons. The van der Waals surface area contributed by atoms with Gasteiger partial charge in [0.1, 0.15) is 0 Å². The molecule has 0 saturated carbocycles. The van der Waals surface area contributed by atoms with Gasteiger partial charge in [-0.2, -0.15) is 0 Å². The van der Waals surface area contributed by atoms with Crippen LogP contribution in [-0.2, 0) is 16.0 Å². The Hall–Kier alpha value is -1.39. The first-order valence-electron chi connectivity index (χ1n) is 4.14. The number of hydrogen-bond acceptors (Lipinski definition) is 3. The summed E-state index contributed by atoms with van der Waals surface area (Å²) in [6, 6.07) is 11.3. The molecule has 0 N–H and O–H groups in total. The SMILES string of the molecule is [Co][N](c1ccccn1)c1ccccn1. The van der Waals surface area contributed by atoms with Crippen LogP contribution in [-0.4, -0.2) is 9.97 Å². The van der Waals surface area contributed by atoms with Crippen LogP contribution in [0.25, 0.3) is 0 Å². The second-order valence-corrected chi connectivity index (χ2v) is 3.10. The van der Waals surface area contributed by atoms with E-state index >= 15 is 0 Å². The van der Waals surface area contributed by atoms with E-state index in [1.807, 2.05) is 36.4 Å². The van der Waals surface area contributed by atoms with Crippen LogP contribution in [0.5, 0.6) is 0 Å². The van der Waals surface area contributed by atoms with Crippen molar-refractivity contribution in [3.8, 4) is 0 Å². The number of aromatic nitrogens is 2. The van der Waals surface area contributed by atoms with E-state index in [0.29, 0.717) is 0 Å². The molecule has 72 valence electrons. The number of anilines is 2. The van der Waals surface area contributed by atoms with E-state index in [2.05, 4.69) is 25.9 Å². The molecule has 0 spiro atoms. The van der Waals surface area contributed by atoms with E-state index in [1.54, 1.807) is 16.3 Å². The Morgan fingerprint density at radius 3 is 1.71 bits per heavy atom. The van der Waals surface area contributed by atoms with Crippen molar-refractivity contribution in [2.75, 3.05) is 3.95 Å². The van der Waals surface area contributed by atoms with Gasteiger partial charge in [-0.25, -0.2) is 0 Å². The monoisotopic (exact) mass is 229 g/mol. The molecule has 0 atom stereocenters. The fraction of sp³-hybridized carbons (Fsp3) is 0. The molecule has 0 amide bonds. The van der Waals surface area contributed by atoms with Gasteiger partial charge in [-0.3, -0.25) is 0 Å². The summed E-state index contributed by atoms with van der Waals surface area (Å²) >= 11 is 4.37. The standard InChI is InChI=1S/C10H8N3.Co/c1-3-7-11-9(5-1)13-10-6-2-4-8-12-10;/h1-8H;/q-1;+1. The zero-order valence-corrected chi connectivity index (χ0v) is 8.33. The Bertz CT molecular complexity index is 351. The summed E-state index contributed by atoms with van der Waals surface area (Å²) in [7, 11) is 0. The molecule has 0 aliphatic heterocycles. The van der Waals surface area contributed by atoms with Crippen molar-refractivity contribution in [2.45, 2.75) is 0 Å². The summed E-state index contributed by atoms with van der Waals surface area (Å²) in [5, 5.41) is 0. The van der Waals surface area contributed by atoms with E-state index in [0.717, 1.165) is 11.6 Å². The maximum atomic E-state index is 4.37. The van der Waals surface area contributed by atoms with Crippen molar-refractivity contribution in [2.24, 2.45) is 0 Å². The Labute approximate surface area is 90.6 Å². The van der Waals surface area contributed by atoms with E-state index in [-0.39, 0.29) is 0 Å². The number of hydrogen-bond donors (Lipinski definition) is 0. The number of pyridine rings is 2. The zero-order chi connectivity index (χ0) is 9.80. The third kappa shape index (κ3) is 1.92. The summed E-state index contributed by atoms with van der Waals surface area (Å²) in [5.41, 5.74) is 0. The summed E-state index contributed by atoms with van der Waals surface area (Å²) in [6.07, 6.45) is 3.45. The summed E-state index contributed by atoms with van der Waals surface area (Å²) < 4.78 is 1.63. The van der Waals surface area contributed by atoms with E-state index in [1.165, 1.54) is 0 Å². The van der Waals surface area contributed by atoms with Crippen molar-refractivity contribution < 1.29 is 16.0 Å². The molecular formula is C10H8CoN3. The molecular weight excluding hydrogens is 221 g/mol. The van der Waals surface area contributed by atoms with Crippen LogP contribution in [0.3, 0.4) is 0 Å². The first-order valence-corrected chi connectivity index (χ1v) is 4.60. The van der Waals surface area contributed by atoms with Crippen molar-refractivity contribution in [1.29, 1.82) is 0 Å². The molecule has 0 unspecified atom stereocenters. The number of rotatable bonds is 2. The van der Waals surface area contributed by atoms with Gasteiger partial charge in [-0.05, 0) is 0 Å². The van der Waals surface area contributed by atoms with Crippen LogP contribution in [0.15, 0.2) is 48.8 Å². The molecule has 3 nitrogen and oxygen atoms in total. The first-order chi connectivity index (χ1) is 6.88. The number of nitrogens with zero attached hydrogens (tertiary/aromatic N) is 3. The predicted octanol–water partition coefficient (Wildman–Crippen LogP) is 2.08. The molecule has 2 aromatic heterocycles. The van der Waals surface area contributed by atoms with Gasteiger partial charge in [0, 0.05) is 0 Å². The van der Waals surface area contributed by atoms with Gasteiger partial charge in [0.25, 0.3) is 0 Å². The first kappa shape index (κ1) is 9.17. The van der Waals surface area contributed by atoms with Crippen molar-refractivity contribution >= 4 is 11.6 Å². The van der Waals surface area contributed by atoms with Crippen LogP contribution in [0.1, 0.15) is 0 Å². The molecule has 0 bridgehead atoms.